The summed E-state index contributed by atoms with van der Waals surface area (Å²) in [5.74, 6) is -1.07. The molecule has 0 unspecified atom stereocenters. The van der Waals surface area contributed by atoms with Gasteiger partial charge in [0.05, 0.1) is 10.8 Å². The Hall–Kier alpha value is -3.99. The van der Waals surface area contributed by atoms with Gasteiger partial charge in [-0.25, -0.2) is 0 Å². The van der Waals surface area contributed by atoms with Crippen LogP contribution in [0.5, 0.6) is 0 Å². The van der Waals surface area contributed by atoms with E-state index >= 15 is 0 Å². The molecule has 4 rings (SSSR count). The minimum atomic E-state index is -0.675. The zero-order valence-corrected chi connectivity index (χ0v) is 17.0. The highest BCUT2D eigenvalue weighted by Crippen LogP contribution is 2.26. The third-order valence-corrected chi connectivity index (χ3v) is 4.98. The maximum atomic E-state index is 12.3. The lowest BCUT2D eigenvalue weighted by molar-refractivity contribution is -0.389. The average molecular weight is 442 g/mol. The van der Waals surface area contributed by atoms with Gasteiger partial charge in [0.25, 0.3) is 0 Å². The molecule has 11 nitrogen and oxygen atoms in total. The van der Waals surface area contributed by atoms with Crippen molar-refractivity contribution < 1.29 is 14.2 Å². The standard InChI is InChI=1S/C19H16ClN7O4/c1-12-16(20)17(27(29)30)23-26(12)11-15-22-19(31-24-15)18(28)21-10-13-4-6-14(7-5-13)25-8-2-3-9-25/h2-9H,10-11H2,1H3,(H,21,28). The van der Waals surface area contributed by atoms with Gasteiger partial charge in [-0.1, -0.05) is 28.9 Å². The number of benzene rings is 1. The predicted molar refractivity (Wildman–Crippen MR) is 109 cm³/mol. The van der Waals surface area contributed by atoms with Gasteiger partial charge in [0.1, 0.15) is 6.54 Å². The number of halogens is 1. The quantitative estimate of drug-likeness (QED) is 0.344. The van der Waals surface area contributed by atoms with Crippen molar-refractivity contribution in [2.24, 2.45) is 0 Å². The molecule has 31 heavy (non-hydrogen) atoms. The molecule has 0 radical (unpaired) electrons. The van der Waals surface area contributed by atoms with Crippen LogP contribution < -0.4 is 5.32 Å². The monoisotopic (exact) mass is 441 g/mol. The topological polar surface area (TPSA) is 134 Å². The number of nitro groups is 1. The second-order valence-corrected chi connectivity index (χ2v) is 6.97. The molecule has 3 heterocycles. The van der Waals surface area contributed by atoms with E-state index in [4.69, 9.17) is 16.1 Å². The number of nitrogens with one attached hydrogen (secondary N) is 1. The fourth-order valence-electron chi connectivity index (χ4n) is 2.87. The molecule has 12 heteroatoms. The van der Waals surface area contributed by atoms with Crippen LogP contribution in [0.25, 0.3) is 5.69 Å². The van der Waals surface area contributed by atoms with Crippen molar-refractivity contribution in [2.75, 3.05) is 0 Å². The first-order valence-corrected chi connectivity index (χ1v) is 9.50. The summed E-state index contributed by atoms with van der Waals surface area (Å²) in [6.07, 6.45) is 3.89. The van der Waals surface area contributed by atoms with Crippen molar-refractivity contribution in [2.45, 2.75) is 20.0 Å². The van der Waals surface area contributed by atoms with Crippen LogP contribution in [-0.4, -0.2) is 35.3 Å². The molecule has 0 aliphatic heterocycles. The first kappa shape index (κ1) is 20.3. The lowest BCUT2D eigenvalue weighted by atomic mass is 10.2. The third kappa shape index (κ3) is 4.31. The molecule has 4 aromatic rings. The van der Waals surface area contributed by atoms with Crippen molar-refractivity contribution in [3.63, 3.8) is 0 Å². The molecule has 0 aliphatic rings. The summed E-state index contributed by atoms with van der Waals surface area (Å²) in [5, 5.41) is 21.1. The molecule has 0 bridgehead atoms. The van der Waals surface area contributed by atoms with Gasteiger partial charge in [0, 0.05) is 24.6 Å². The molecular formula is C19H16ClN7O4. The zero-order chi connectivity index (χ0) is 22.0. The molecule has 0 saturated heterocycles. The van der Waals surface area contributed by atoms with E-state index in [-0.39, 0.29) is 29.8 Å². The van der Waals surface area contributed by atoms with Crippen molar-refractivity contribution in [1.29, 1.82) is 0 Å². The summed E-state index contributed by atoms with van der Waals surface area (Å²) in [4.78, 5) is 26.6. The first-order valence-electron chi connectivity index (χ1n) is 9.12. The van der Waals surface area contributed by atoms with Crippen LogP contribution in [-0.2, 0) is 13.1 Å². The van der Waals surface area contributed by atoms with Crippen LogP contribution in [0.2, 0.25) is 5.02 Å². The molecule has 0 saturated carbocycles. The minimum Gasteiger partial charge on any atom is -0.358 e. The lowest BCUT2D eigenvalue weighted by Crippen LogP contribution is -2.23. The highest BCUT2D eigenvalue weighted by Gasteiger charge is 2.25. The van der Waals surface area contributed by atoms with E-state index in [9.17, 15) is 14.9 Å². The number of nitrogens with zero attached hydrogens (tertiary/aromatic N) is 6. The van der Waals surface area contributed by atoms with Gasteiger partial charge < -0.3 is 24.5 Å². The smallest absolute Gasteiger partial charge is 0.358 e. The molecule has 1 N–H and O–H groups in total. The van der Waals surface area contributed by atoms with E-state index in [1.807, 2.05) is 53.4 Å². The molecule has 0 spiro atoms. The SMILES string of the molecule is Cc1c(Cl)c([N+](=O)[O-])nn1Cc1noc(C(=O)NCc2ccc(-n3cccc3)cc2)n1. The van der Waals surface area contributed by atoms with E-state index in [1.165, 1.54) is 4.68 Å². The highest BCUT2D eigenvalue weighted by atomic mass is 35.5. The van der Waals surface area contributed by atoms with Gasteiger partial charge >= 0.3 is 17.6 Å². The molecule has 1 aromatic carbocycles. The zero-order valence-electron chi connectivity index (χ0n) is 16.2. The highest BCUT2D eigenvalue weighted by molar-refractivity contribution is 6.33. The number of hydrogen-bond donors (Lipinski definition) is 1. The van der Waals surface area contributed by atoms with E-state index in [1.54, 1.807) is 6.92 Å². The average Bonchev–Trinajstić information content (AvgIpc) is 3.51. The van der Waals surface area contributed by atoms with Crippen molar-refractivity contribution in [3.8, 4) is 5.69 Å². The van der Waals surface area contributed by atoms with Crippen LogP contribution in [0.1, 0.15) is 27.8 Å². The fraction of sp³-hybridized carbons (Fsp3) is 0.158. The van der Waals surface area contributed by atoms with Crippen LogP contribution in [0, 0.1) is 17.0 Å². The Morgan fingerprint density at radius 3 is 2.61 bits per heavy atom. The molecule has 3 aromatic heterocycles. The number of amides is 1. The number of aromatic nitrogens is 5. The van der Waals surface area contributed by atoms with E-state index in [0.29, 0.717) is 5.69 Å². The van der Waals surface area contributed by atoms with E-state index in [2.05, 4.69) is 20.6 Å². The maximum absolute atomic E-state index is 12.3. The maximum Gasteiger partial charge on any atom is 0.408 e. The van der Waals surface area contributed by atoms with Crippen molar-refractivity contribution in [3.05, 3.63) is 86.9 Å². The number of carbonyl (C=O) groups is 1. The molecular weight excluding hydrogens is 426 g/mol. The summed E-state index contributed by atoms with van der Waals surface area (Å²) < 4.78 is 8.25. The Morgan fingerprint density at radius 1 is 1.26 bits per heavy atom. The Balaban J connectivity index is 1.37. The van der Waals surface area contributed by atoms with Crippen LogP contribution >= 0.6 is 11.6 Å². The summed E-state index contributed by atoms with van der Waals surface area (Å²) in [5.41, 5.74) is 2.29. The summed E-state index contributed by atoms with van der Waals surface area (Å²) in [6.45, 7) is 1.83. The third-order valence-electron chi connectivity index (χ3n) is 4.54. The molecule has 158 valence electrons. The largest absolute Gasteiger partial charge is 0.408 e. The molecule has 0 aliphatic carbocycles. The van der Waals surface area contributed by atoms with Crippen LogP contribution in [0.3, 0.4) is 0 Å². The van der Waals surface area contributed by atoms with Gasteiger partial charge in [0.2, 0.25) is 0 Å². The summed E-state index contributed by atoms with van der Waals surface area (Å²) in [7, 11) is 0. The Morgan fingerprint density at radius 2 is 1.97 bits per heavy atom. The van der Waals surface area contributed by atoms with Crippen molar-refractivity contribution >= 4 is 23.3 Å². The fourth-order valence-corrected chi connectivity index (χ4v) is 3.08. The first-order chi connectivity index (χ1) is 14.9. The van der Waals surface area contributed by atoms with Gasteiger partial charge in [-0.15, -0.1) is 0 Å². The van der Waals surface area contributed by atoms with Gasteiger partial charge in [-0.05, 0) is 41.7 Å². The van der Waals surface area contributed by atoms with Gasteiger partial charge in [-0.2, -0.15) is 9.67 Å². The van der Waals surface area contributed by atoms with Gasteiger partial charge in [-0.3, -0.25) is 4.79 Å². The van der Waals surface area contributed by atoms with E-state index in [0.717, 1.165) is 11.3 Å². The second kappa shape index (κ2) is 8.40. The normalized spacial score (nSPS) is 10.9. The summed E-state index contributed by atoms with van der Waals surface area (Å²) >= 11 is 5.91. The Labute approximate surface area is 180 Å². The van der Waals surface area contributed by atoms with Crippen LogP contribution in [0.15, 0.2) is 53.3 Å². The lowest BCUT2D eigenvalue weighted by Gasteiger charge is -2.06. The van der Waals surface area contributed by atoms with E-state index < -0.39 is 16.6 Å². The molecule has 1 amide bonds. The van der Waals surface area contributed by atoms with Gasteiger partial charge in [0.15, 0.2) is 10.8 Å². The second-order valence-electron chi connectivity index (χ2n) is 6.59. The molecule has 0 atom stereocenters. The predicted octanol–water partition coefficient (Wildman–Crippen LogP) is 2.91. The summed E-state index contributed by atoms with van der Waals surface area (Å²) in [6, 6.07) is 11.6. The molecule has 0 fully saturated rings. The Kier molecular flexibility index (Phi) is 5.50. The van der Waals surface area contributed by atoms with Crippen LogP contribution in [0.4, 0.5) is 5.82 Å². The Bertz CT molecular complexity index is 1230. The minimum absolute atomic E-state index is 0.0307. The van der Waals surface area contributed by atoms with Crippen molar-refractivity contribution in [1.82, 2.24) is 29.8 Å². The number of rotatable bonds is 7. The number of carbonyl (C=O) groups excluding carboxylic acids is 1. The number of hydrogen-bond acceptors (Lipinski definition) is 7.